The van der Waals surface area contributed by atoms with Crippen molar-refractivity contribution in [1.82, 2.24) is 4.98 Å². The third-order valence-corrected chi connectivity index (χ3v) is 13.6. The summed E-state index contributed by atoms with van der Waals surface area (Å²) >= 11 is 0. The highest BCUT2D eigenvalue weighted by atomic mass is 16.5. The molecule has 2 aromatic rings. The second-order valence-electron chi connectivity index (χ2n) is 17.0. The molecule has 3 N–H and O–H groups in total. The lowest BCUT2D eigenvalue weighted by Gasteiger charge is -2.64. The highest BCUT2D eigenvalue weighted by Gasteiger charge is 2.70. The number of rotatable bonds is 1. The molecule has 1 saturated heterocycles. The molecule has 3 fully saturated rings. The van der Waals surface area contributed by atoms with Gasteiger partial charge >= 0.3 is 0 Å². The lowest BCUT2D eigenvalue weighted by Crippen LogP contribution is -2.68. The summed E-state index contributed by atoms with van der Waals surface area (Å²) in [6.45, 7) is 16.1. The van der Waals surface area contributed by atoms with Crippen LogP contribution in [0.25, 0.3) is 10.9 Å². The van der Waals surface area contributed by atoms with Gasteiger partial charge in [-0.15, -0.1) is 0 Å². The molecule has 2 saturated carbocycles. The molecular weight excluding hydrogens is 554 g/mol. The van der Waals surface area contributed by atoms with Crippen LogP contribution < -0.4 is 0 Å². The molecular formula is C37H47NO6. The van der Waals surface area contributed by atoms with E-state index in [1.54, 1.807) is 19.9 Å². The number of nitrogens with one attached hydrogen (secondary N) is 1. The molecule has 3 heterocycles. The van der Waals surface area contributed by atoms with Gasteiger partial charge in [-0.2, -0.15) is 0 Å². The summed E-state index contributed by atoms with van der Waals surface area (Å²) in [7, 11) is 0. The Balaban J connectivity index is 1.26. The van der Waals surface area contributed by atoms with E-state index in [-0.39, 0.29) is 28.8 Å². The molecule has 4 aliphatic carbocycles. The Bertz CT molecular complexity index is 1690. The minimum atomic E-state index is -1.30. The van der Waals surface area contributed by atoms with Crippen LogP contribution in [-0.4, -0.2) is 61.4 Å². The number of ether oxygens (including phenoxy) is 2. The maximum absolute atomic E-state index is 14.1. The number of carbonyl (C=O) groups is 2. The van der Waals surface area contributed by atoms with E-state index in [1.807, 2.05) is 6.07 Å². The van der Waals surface area contributed by atoms with Gasteiger partial charge in [0, 0.05) is 38.9 Å². The number of hydrogen-bond acceptors (Lipinski definition) is 6. The van der Waals surface area contributed by atoms with Crippen LogP contribution in [-0.2, 0) is 32.5 Å². The lowest BCUT2D eigenvalue weighted by molar-refractivity contribution is -0.195. The van der Waals surface area contributed by atoms with Crippen molar-refractivity contribution < 1.29 is 29.3 Å². The van der Waals surface area contributed by atoms with Crippen LogP contribution in [0, 0.1) is 23.2 Å². The van der Waals surface area contributed by atoms with Gasteiger partial charge in [0.05, 0.1) is 34.4 Å². The summed E-state index contributed by atoms with van der Waals surface area (Å²) in [4.78, 5) is 31.2. The molecule has 0 bridgehead atoms. The predicted molar refractivity (Wildman–Crippen MR) is 167 cm³/mol. The van der Waals surface area contributed by atoms with E-state index in [0.717, 1.165) is 42.3 Å². The van der Waals surface area contributed by atoms with Crippen molar-refractivity contribution in [2.24, 2.45) is 23.2 Å². The molecule has 236 valence electrons. The zero-order valence-electron chi connectivity index (χ0n) is 27.4. The Morgan fingerprint density at radius 2 is 1.68 bits per heavy atom. The minimum absolute atomic E-state index is 0.106. The average molecular weight is 602 g/mol. The van der Waals surface area contributed by atoms with Crippen LogP contribution in [0.3, 0.4) is 0 Å². The van der Waals surface area contributed by atoms with Crippen LogP contribution in [0.4, 0.5) is 0 Å². The topological polar surface area (TPSA) is 109 Å². The molecule has 8 rings (SSSR count). The standard InChI is InChI=1S/C37H47NO6/c1-32(2,41)31-25(39)17-22-26(43-31)12-13-35(7)36(8)18(11-14-37(22,35)42)15-21-27-20-16-23-28(34(5,6)44-33(23,3)4)29(40)19(20)9-10-24(27)38-30(21)36/h9-10,17-18,23,26,28,31,38,41-42H,11-16H2,1-8H3. The molecule has 7 heteroatoms. The number of benzene rings is 1. The summed E-state index contributed by atoms with van der Waals surface area (Å²) in [5, 5.41) is 24.6. The molecule has 1 aromatic heterocycles. The van der Waals surface area contributed by atoms with Gasteiger partial charge in [0.25, 0.3) is 0 Å². The molecule has 44 heavy (non-hydrogen) atoms. The van der Waals surface area contributed by atoms with Gasteiger partial charge < -0.3 is 24.7 Å². The van der Waals surface area contributed by atoms with Gasteiger partial charge in [0.1, 0.15) is 6.10 Å². The Labute approximate surface area is 259 Å². The van der Waals surface area contributed by atoms with Gasteiger partial charge in [-0.1, -0.05) is 13.8 Å². The number of H-pyrrole nitrogens is 1. The van der Waals surface area contributed by atoms with Crippen LogP contribution in [0.2, 0.25) is 0 Å². The fraction of sp³-hybridized carbons (Fsp3) is 0.676. The number of hydrogen-bond donors (Lipinski definition) is 3. The third-order valence-electron chi connectivity index (χ3n) is 13.6. The molecule has 2 aliphatic heterocycles. The molecule has 0 amide bonds. The second-order valence-corrected chi connectivity index (χ2v) is 17.0. The number of Topliss-reactive ketones (excluding diaryl/α,β-unsaturated/α-hetero) is 1. The summed E-state index contributed by atoms with van der Waals surface area (Å²) in [5.74, 6) is 0.192. The molecule has 0 spiro atoms. The highest BCUT2D eigenvalue weighted by Crippen LogP contribution is 2.69. The molecule has 6 aliphatic rings. The Morgan fingerprint density at radius 1 is 0.955 bits per heavy atom. The fourth-order valence-corrected chi connectivity index (χ4v) is 11.4. The minimum Gasteiger partial charge on any atom is -0.387 e. The molecule has 0 radical (unpaired) electrons. The second kappa shape index (κ2) is 8.33. The quantitative estimate of drug-likeness (QED) is 0.398. The van der Waals surface area contributed by atoms with E-state index in [4.69, 9.17) is 9.47 Å². The number of ketones is 2. The lowest BCUT2D eigenvalue weighted by atomic mass is 9.42. The van der Waals surface area contributed by atoms with E-state index in [1.165, 1.54) is 16.6 Å². The average Bonchev–Trinajstić information content (AvgIpc) is 3.49. The van der Waals surface area contributed by atoms with E-state index in [2.05, 4.69) is 52.6 Å². The highest BCUT2D eigenvalue weighted by molar-refractivity contribution is 6.06. The zero-order valence-corrected chi connectivity index (χ0v) is 27.4. The number of aromatic nitrogens is 1. The third kappa shape index (κ3) is 3.27. The first-order valence-corrected chi connectivity index (χ1v) is 16.6. The number of fused-ring (bicyclic) bond motifs is 12. The Hall–Kier alpha value is -2.32. The number of aromatic amines is 1. The van der Waals surface area contributed by atoms with Crippen molar-refractivity contribution >= 4 is 22.5 Å². The SMILES string of the molecule is CC(C)(O)C1OC2CCC3(C)C(O)(CCC4Cc5c([nH]c6ccc7c(c56)CC5C(C7=O)C(C)(C)OC5(C)C)C43C)C2=CC1=O. The van der Waals surface area contributed by atoms with Crippen LogP contribution in [0.5, 0.6) is 0 Å². The summed E-state index contributed by atoms with van der Waals surface area (Å²) < 4.78 is 12.8. The van der Waals surface area contributed by atoms with Crippen molar-refractivity contribution in [3.8, 4) is 0 Å². The molecule has 7 nitrogen and oxygen atoms in total. The smallest absolute Gasteiger partial charge is 0.187 e. The Morgan fingerprint density at radius 3 is 2.39 bits per heavy atom. The normalized spacial score (nSPS) is 41.8. The number of carbonyl (C=O) groups excluding carboxylic acids is 2. The first kappa shape index (κ1) is 29.1. The first-order valence-electron chi connectivity index (χ1n) is 16.6. The zero-order chi connectivity index (χ0) is 31.6. The summed E-state index contributed by atoms with van der Waals surface area (Å²) in [6, 6.07) is 4.10. The van der Waals surface area contributed by atoms with Gasteiger partial charge in [0.15, 0.2) is 11.6 Å². The van der Waals surface area contributed by atoms with Crippen LogP contribution >= 0.6 is 0 Å². The molecule has 8 unspecified atom stereocenters. The Kier molecular flexibility index (Phi) is 5.51. The largest absolute Gasteiger partial charge is 0.387 e. The van der Waals surface area contributed by atoms with Crippen molar-refractivity contribution in [3.05, 3.63) is 46.2 Å². The number of aliphatic hydroxyl groups is 2. The molecule has 1 aromatic carbocycles. The van der Waals surface area contributed by atoms with E-state index >= 15 is 0 Å². The van der Waals surface area contributed by atoms with Gasteiger partial charge in [-0.25, -0.2) is 0 Å². The van der Waals surface area contributed by atoms with Gasteiger partial charge in [-0.3, -0.25) is 9.59 Å². The predicted octanol–water partition coefficient (Wildman–Crippen LogP) is 5.52. The first-order chi connectivity index (χ1) is 20.3. The van der Waals surface area contributed by atoms with E-state index < -0.39 is 40.0 Å². The maximum Gasteiger partial charge on any atom is 0.187 e. The van der Waals surface area contributed by atoms with Crippen molar-refractivity contribution in [2.45, 2.75) is 134 Å². The van der Waals surface area contributed by atoms with Crippen LogP contribution in [0.15, 0.2) is 23.8 Å². The summed E-state index contributed by atoms with van der Waals surface area (Å²) in [5.41, 5.74) is 1.87. The van der Waals surface area contributed by atoms with E-state index in [0.29, 0.717) is 24.3 Å². The summed E-state index contributed by atoms with van der Waals surface area (Å²) in [6.07, 6.45) is 4.80. The maximum atomic E-state index is 14.1. The fourth-order valence-electron chi connectivity index (χ4n) is 11.4. The molecule has 8 atom stereocenters. The van der Waals surface area contributed by atoms with Crippen molar-refractivity contribution in [1.29, 1.82) is 0 Å². The van der Waals surface area contributed by atoms with Crippen molar-refractivity contribution in [2.75, 3.05) is 0 Å². The van der Waals surface area contributed by atoms with Gasteiger partial charge in [0.2, 0.25) is 0 Å². The monoisotopic (exact) mass is 601 g/mol. The van der Waals surface area contributed by atoms with Crippen molar-refractivity contribution in [3.63, 3.8) is 0 Å². The van der Waals surface area contributed by atoms with Gasteiger partial charge in [-0.05, 0) is 121 Å². The van der Waals surface area contributed by atoms with E-state index in [9.17, 15) is 19.8 Å². The van der Waals surface area contributed by atoms with Crippen LogP contribution in [0.1, 0.15) is 108 Å².